The normalized spacial score (nSPS) is 31.8. The molecule has 182 valence electrons. The molecule has 2 aromatic rings. The van der Waals surface area contributed by atoms with Crippen molar-refractivity contribution in [1.29, 1.82) is 0 Å². The second kappa shape index (κ2) is 8.92. The summed E-state index contributed by atoms with van der Waals surface area (Å²) in [5.41, 5.74) is 3.07. The SMILES string of the molecule is COc1ccc2c(c1)C13CCN(CCc4ccccn4)CCC1(O)C(C2)N(CC1CCC1)CC3. The van der Waals surface area contributed by atoms with Gasteiger partial charge in [0.05, 0.1) is 12.7 Å². The predicted octanol–water partition coefficient (Wildman–Crippen LogP) is 3.83. The third-order valence-electron chi connectivity index (χ3n) is 9.68. The number of nitrogens with zero attached hydrogens (tertiary/aromatic N) is 3. The zero-order valence-electron chi connectivity index (χ0n) is 20.6. The molecule has 3 unspecified atom stereocenters. The van der Waals surface area contributed by atoms with E-state index in [9.17, 15) is 5.11 Å². The summed E-state index contributed by atoms with van der Waals surface area (Å²) in [7, 11) is 1.75. The molecule has 1 aromatic carbocycles. The highest BCUT2D eigenvalue weighted by Gasteiger charge is 2.63. The average Bonchev–Trinajstić information content (AvgIpc) is 2.99. The molecule has 3 heterocycles. The number of ether oxygens (including phenoxy) is 1. The predicted molar refractivity (Wildman–Crippen MR) is 134 cm³/mol. The standard InChI is InChI=1S/C29H39N3O2/c1-34-25-9-8-23-19-27-29(33)13-17-31(15-10-24-7-2-3-14-30-24)16-11-28(29,26(23)20-25)12-18-32(27)21-22-5-4-6-22/h2-3,7-9,14,20,22,27,33H,4-6,10-13,15-19,21H2,1H3. The molecule has 1 N–H and O–H groups in total. The van der Waals surface area contributed by atoms with Gasteiger partial charge in [0.15, 0.2) is 0 Å². The van der Waals surface area contributed by atoms with Gasteiger partial charge in [-0.25, -0.2) is 0 Å². The first-order valence-electron chi connectivity index (χ1n) is 13.4. The van der Waals surface area contributed by atoms with E-state index in [0.29, 0.717) is 0 Å². The largest absolute Gasteiger partial charge is 0.497 e. The van der Waals surface area contributed by atoms with Crippen molar-refractivity contribution in [2.75, 3.05) is 39.8 Å². The summed E-state index contributed by atoms with van der Waals surface area (Å²) in [6.45, 7) is 5.26. The van der Waals surface area contributed by atoms with Crippen LogP contribution in [0.2, 0.25) is 0 Å². The Balaban J connectivity index is 1.31. The summed E-state index contributed by atoms with van der Waals surface area (Å²) in [6.07, 6.45) is 10.8. The number of rotatable bonds is 6. The van der Waals surface area contributed by atoms with Crippen molar-refractivity contribution in [3.05, 3.63) is 59.4 Å². The first-order valence-corrected chi connectivity index (χ1v) is 13.4. The number of pyridine rings is 1. The lowest BCUT2D eigenvalue weighted by Gasteiger charge is -2.62. The molecule has 2 aliphatic heterocycles. The van der Waals surface area contributed by atoms with Crippen molar-refractivity contribution < 1.29 is 9.84 Å². The van der Waals surface area contributed by atoms with Crippen LogP contribution in [-0.2, 0) is 18.3 Å². The number of fused-ring (bicyclic) bond motifs is 1. The molecule has 34 heavy (non-hydrogen) atoms. The van der Waals surface area contributed by atoms with Gasteiger partial charge in [-0.2, -0.15) is 0 Å². The summed E-state index contributed by atoms with van der Waals surface area (Å²) < 4.78 is 5.65. The van der Waals surface area contributed by atoms with Crippen LogP contribution in [0.3, 0.4) is 0 Å². The Morgan fingerprint density at radius 2 is 1.94 bits per heavy atom. The molecule has 1 saturated carbocycles. The van der Waals surface area contributed by atoms with Gasteiger partial charge in [-0.3, -0.25) is 9.88 Å². The summed E-state index contributed by atoms with van der Waals surface area (Å²) in [6, 6.07) is 13.0. The van der Waals surface area contributed by atoms with Crippen LogP contribution in [0.5, 0.6) is 5.75 Å². The van der Waals surface area contributed by atoms with Crippen molar-refractivity contribution in [1.82, 2.24) is 14.8 Å². The fraction of sp³-hybridized carbons (Fsp3) is 0.621. The fourth-order valence-corrected chi connectivity index (χ4v) is 7.45. The Morgan fingerprint density at radius 1 is 1.09 bits per heavy atom. The molecule has 0 spiro atoms. The number of methoxy groups -OCH3 is 1. The summed E-state index contributed by atoms with van der Waals surface area (Å²) in [4.78, 5) is 9.78. The molecule has 3 atom stereocenters. The summed E-state index contributed by atoms with van der Waals surface area (Å²) in [5.74, 6) is 1.75. The maximum absolute atomic E-state index is 12.7. The van der Waals surface area contributed by atoms with E-state index in [1.54, 1.807) is 7.11 Å². The minimum atomic E-state index is -0.686. The Morgan fingerprint density at radius 3 is 2.71 bits per heavy atom. The van der Waals surface area contributed by atoms with E-state index >= 15 is 0 Å². The highest BCUT2D eigenvalue weighted by Crippen LogP contribution is 2.56. The van der Waals surface area contributed by atoms with Crippen molar-refractivity contribution in [2.45, 2.75) is 68.4 Å². The Kier molecular flexibility index (Phi) is 5.91. The average molecular weight is 462 g/mol. The molecule has 1 aromatic heterocycles. The number of piperidine rings is 1. The van der Waals surface area contributed by atoms with E-state index in [0.717, 1.165) is 82.2 Å². The van der Waals surface area contributed by atoms with Crippen molar-refractivity contribution in [3.8, 4) is 5.75 Å². The second-order valence-corrected chi connectivity index (χ2v) is 11.2. The Bertz CT molecular complexity index is 1010. The molecule has 0 amide bonds. The van der Waals surface area contributed by atoms with Gasteiger partial charge in [-0.1, -0.05) is 18.6 Å². The molecule has 4 aliphatic rings. The van der Waals surface area contributed by atoms with Crippen molar-refractivity contribution >= 4 is 0 Å². The lowest BCUT2D eigenvalue weighted by Crippen LogP contribution is -2.71. The topological polar surface area (TPSA) is 48.8 Å². The zero-order valence-corrected chi connectivity index (χ0v) is 20.6. The lowest BCUT2D eigenvalue weighted by molar-refractivity contribution is -0.152. The van der Waals surface area contributed by atoms with Crippen LogP contribution in [0.1, 0.15) is 55.3 Å². The first kappa shape index (κ1) is 22.5. The molecule has 3 fully saturated rings. The van der Waals surface area contributed by atoms with Gasteiger partial charge < -0.3 is 14.7 Å². The molecule has 6 rings (SSSR count). The van der Waals surface area contributed by atoms with E-state index in [-0.39, 0.29) is 11.5 Å². The molecular formula is C29H39N3O2. The smallest absolute Gasteiger partial charge is 0.119 e. The van der Waals surface area contributed by atoms with Gasteiger partial charge in [0.25, 0.3) is 0 Å². The highest BCUT2D eigenvalue weighted by atomic mass is 16.5. The number of likely N-dealkylation sites (tertiary alicyclic amines) is 2. The van der Waals surface area contributed by atoms with Crippen LogP contribution in [-0.4, -0.2) is 71.4 Å². The maximum Gasteiger partial charge on any atom is 0.119 e. The maximum atomic E-state index is 12.7. The van der Waals surface area contributed by atoms with Crippen molar-refractivity contribution in [2.24, 2.45) is 5.92 Å². The van der Waals surface area contributed by atoms with Crippen LogP contribution in [0.25, 0.3) is 0 Å². The molecule has 5 nitrogen and oxygen atoms in total. The molecule has 2 aliphatic carbocycles. The van der Waals surface area contributed by atoms with E-state index in [1.807, 2.05) is 12.3 Å². The summed E-state index contributed by atoms with van der Waals surface area (Å²) in [5, 5.41) is 12.7. The van der Waals surface area contributed by atoms with E-state index in [2.05, 4.69) is 45.1 Å². The number of hydrogen-bond donors (Lipinski definition) is 1. The van der Waals surface area contributed by atoms with Crippen LogP contribution in [0, 0.1) is 5.92 Å². The number of hydrogen-bond acceptors (Lipinski definition) is 5. The molecule has 5 heteroatoms. The van der Waals surface area contributed by atoms with Crippen LogP contribution in [0.15, 0.2) is 42.6 Å². The number of aliphatic hydroxyl groups is 1. The van der Waals surface area contributed by atoms with Gasteiger partial charge in [-0.05, 0) is 92.9 Å². The van der Waals surface area contributed by atoms with E-state index < -0.39 is 5.60 Å². The Labute approximate surface area is 204 Å². The first-order chi connectivity index (χ1) is 16.6. The van der Waals surface area contributed by atoms with Gasteiger partial charge in [0.2, 0.25) is 0 Å². The monoisotopic (exact) mass is 461 g/mol. The van der Waals surface area contributed by atoms with Crippen LogP contribution < -0.4 is 4.74 Å². The molecule has 2 saturated heterocycles. The minimum Gasteiger partial charge on any atom is -0.497 e. The quantitative estimate of drug-likeness (QED) is 0.709. The van der Waals surface area contributed by atoms with Crippen LogP contribution >= 0.6 is 0 Å². The van der Waals surface area contributed by atoms with E-state index in [1.165, 1.54) is 30.4 Å². The van der Waals surface area contributed by atoms with E-state index in [4.69, 9.17) is 4.74 Å². The van der Waals surface area contributed by atoms with Crippen LogP contribution in [0.4, 0.5) is 0 Å². The van der Waals surface area contributed by atoms with Gasteiger partial charge in [0, 0.05) is 49.4 Å². The molecular weight excluding hydrogens is 422 g/mol. The van der Waals surface area contributed by atoms with Gasteiger partial charge >= 0.3 is 0 Å². The third-order valence-corrected chi connectivity index (χ3v) is 9.68. The second-order valence-electron chi connectivity index (χ2n) is 11.2. The van der Waals surface area contributed by atoms with Gasteiger partial charge in [-0.15, -0.1) is 0 Å². The fourth-order valence-electron chi connectivity index (χ4n) is 7.45. The molecule has 2 bridgehead atoms. The highest BCUT2D eigenvalue weighted by molar-refractivity contribution is 5.48. The lowest BCUT2D eigenvalue weighted by atomic mass is 9.52. The third kappa shape index (κ3) is 3.68. The molecule has 0 radical (unpaired) electrons. The number of aromatic nitrogens is 1. The Hall–Kier alpha value is -1.95. The van der Waals surface area contributed by atoms with Gasteiger partial charge in [0.1, 0.15) is 5.75 Å². The summed E-state index contributed by atoms with van der Waals surface area (Å²) >= 11 is 0. The van der Waals surface area contributed by atoms with Crippen molar-refractivity contribution in [3.63, 3.8) is 0 Å². The number of benzene rings is 1. The zero-order chi connectivity index (χ0) is 23.2. The minimum absolute atomic E-state index is 0.185.